The van der Waals surface area contributed by atoms with E-state index in [0.717, 1.165) is 24.3 Å². The third kappa shape index (κ3) is 4.31. The number of amides is 1. The van der Waals surface area contributed by atoms with Gasteiger partial charge in [0.2, 0.25) is 5.91 Å². The van der Waals surface area contributed by atoms with Crippen molar-refractivity contribution in [3.05, 3.63) is 30.5 Å². The summed E-state index contributed by atoms with van der Waals surface area (Å²) < 4.78 is 2.22. The first kappa shape index (κ1) is 15.5. The van der Waals surface area contributed by atoms with Gasteiger partial charge in [-0.05, 0) is 44.7 Å². The van der Waals surface area contributed by atoms with Crippen molar-refractivity contribution in [2.24, 2.45) is 0 Å². The number of anilines is 1. The highest BCUT2D eigenvalue weighted by Crippen LogP contribution is 2.20. The van der Waals surface area contributed by atoms with Gasteiger partial charge in [0.15, 0.2) is 0 Å². The highest BCUT2D eigenvalue weighted by atomic mass is 16.1. The molecular formula is C16H24N4O. The van der Waals surface area contributed by atoms with Crippen LogP contribution in [0.4, 0.5) is 5.69 Å². The van der Waals surface area contributed by atoms with E-state index in [1.807, 2.05) is 19.2 Å². The summed E-state index contributed by atoms with van der Waals surface area (Å²) in [5, 5.41) is 7.12. The number of aromatic nitrogens is 1. The number of rotatable bonds is 7. The van der Waals surface area contributed by atoms with Crippen LogP contribution in [0, 0.1) is 0 Å². The molecule has 1 amide bonds. The zero-order valence-corrected chi connectivity index (χ0v) is 13.0. The van der Waals surface area contributed by atoms with Crippen molar-refractivity contribution in [1.82, 2.24) is 14.8 Å². The Balaban J connectivity index is 2.11. The quantitative estimate of drug-likeness (QED) is 0.816. The highest BCUT2D eigenvalue weighted by Gasteiger charge is 2.05. The molecule has 0 aliphatic carbocycles. The minimum absolute atomic E-state index is 0.0371. The molecule has 2 rings (SSSR count). The molecule has 0 saturated heterocycles. The number of carbonyl (C=O) groups excluding carboxylic acids is 1. The van der Waals surface area contributed by atoms with E-state index in [1.165, 1.54) is 5.39 Å². The van der Waals surface area contributed by atoms with Crippen LogP contribution in [0.5, 0.6) is 0 Å². The highest BCUT2D eigenvalue weighted by molar-refractivity contribution is 5.93. The molecule has 0 saturated carbocycles. The summed E-state index contributed by atoms with van der Waals surface area (Å²) in [6.45, 7) is 2.61. The Morgan fingerprint density at radius 3 is 2.81 bits per heavy atom. The molecule has 0 bridgehead atoms. The first-order valence-electron chi connectivity index (χ1n) is 7.28. The van der Waals surface area contributed by atoms with Crippen LogP contribution in [0.2, 0.25) is 0 Å². The Morgan fingerprint density at radius 2 is 2.10 bits per heavy atom. The van der Waals surface area contributed by atoms with E-state index in [-0.39, 0.29) is 5.91 Å². The molecule has 0 spiro atoms. The Morgan fingerprint density at radius 1 is 1.29 bits per heavy atom. The monoisotopic (exact) mass is 288 g/mol. The maximum atomic E-state index is 11.8. The van der Waals surface area contributed by atoms with Crippen molar-refractivity contribution < 1.29 is 4.79 Å². The molecule has 114 valence electrons. The second-order valence-corrected chi connectivity index (χ2v) is 5.49. The molecule has 1 aromatic heterocycles. The van der Waals surface area contributed by atoms with Gasteiger partial charge in [0.05, 0.1) is 5.52 Å². The molecule has 1 heterocycles. The Kier molecular flexibility index (Phi) is 5.36. The standard InChI is InChI=1S/C16H24N4O/c1-17-8-6-16(21)18-14-5-4-13-7-9-20(15(13)12-14)11-10-19(2)3/h4-5,7,9,12,17H,6,8,10-11H2,1-3H3,(H,18,21). The third-order valence-electron chi connectivity index (χ3n) is 3.45. The summed E-state index contributed by atoms with van der Waals surface area (Å²) in [7, 11) is 5.98. The molecule has 0 radical (unpaired) electrons. The molecule has 0 atom stereocenters. The fourth-order valence-electron chi connectivity index (χ4n) is 2.23. The van der Waals surface area contributed by atoms with E-state index in [1.54, 1.807) is 0 Å². The van der Waals surface area contributed by atoms with Gasteiger partial charge >= 0.3 is 0 Å². The fourth-order valence-corrected chi connectivity index (χ4v) is 2.23. The normalized spacial score (nSPS) is 11.2. The summed E-state index contributed by atoms with van der Waals surface area (Å²) in [6, 6.07) is 8.16. The Bertz CT molecular complexity index is 603. The zero-order chi connectivity index (χ0) is 15.2. The lowest BCUT2D eigenvalue weighted by Crippen LogP contribution is -2.19. The molecule has 0 aliphatic heterocycles. The van der Waals surface area contributed by atoms with Crippen LogP contribution in [0.25, 0.3) is 10.9 Å². The number of hydrogen-bond acceptors (Lipinski definition) is 3. The summed E-state index contributed by atoms with van der Waals surface area (Å²) in [6.07, 6.45) is 2.58. The average molecular weight is 288 g/mol. The van der Waals surface area contributed by atoms with Crippen molar-refractivity contribution in [3.8, 4) is 0 Å². The molecule has 5 nitrogen and oxygen atoms in total. The predicted octanol–water partition coefficient (Wildman–Crippen LogP) is 1.75. The lowest BCUT2D eigenvalue weighted by molar-refractivity contribution is -0.116. The predicted molar refractivity (Wildman–Crippen MR) is 87.7 cm³/mol. The summed E-state index contributed by atoms with van der Waals surface area (Å²) >= 11 is 0. The minimum atomic E-state index is 0.0371. The SMILES string of the molecule is CNCCC(=O)Nc1ccc2ccn(CCN(C)C)c2c1. The van der Waals surface area contributed by atoms with Gasteiger partial charge in [-0.1, -0.05) is 6.07 Å². The molecule has 0 fully saturated rings. The lowest BCUT2D eigenvalue weighted by Gasteiger charge is -2.12. The molecule has 2 N–H and O–H groups in total. The van der Waals surface area contributed by atoms with Gasteiger partial charge < -0.3 is 20.1 Å². The largest absolute Gasteiger partial charge is 0.346 e. The van der Waals surface area contributed by atoms with E-state index in [0.29, 0.717) is 13.0 Å². The van der Waals surface area contributed by atoms with E-state index in [4.69, 9.17) is 0 Å². The van der Waals surface area contributed by atoms with E-state index in [2.05, 4.69) is 52.5 Å². The molecular weight excluding hydrogens is 264 g/mol. The van der Waals surface area contributed by atoms with Crippen molar-refractivity contribution in [3.63, 3.8) is 0 Å². The molecule has 0 unspecified atom stereocenters. The van der Waals surface area contributed by atoms with Crippen LogP contribution >= 0.6 is 0 Å². The van der Waals surface area contributed by atoms with Gasteiger partial charge in [-0.3, -0.25) is 4.79 Å². The molecule has 2 aromatic rings. The van der Waals surface area contributed by atoms with Gasteiger partial charge in [0, 0.05) is 37.9 Å². The van der Waals surface area contributed by atoms with Gasteiger partial charge in [-0.15, -0.1) is 0 Å². The first-order chi connectivity index (χ1) is 10.1. The number of hydrogen-bond donors (Lipinski definition) is 2. The van der Waals surface area contributed by atoms with Gasteiger partial charge in [0.25, 0.3) is 0 Å². The Hall–Kier alpha value is -1.85. The van der Waals surface area contributed by atoms with E-state index >= 15 is 0 Å². The molecule has 0 aliphatic rings. The maximum Gasteiger partial charge on any atom is 0.225 e. The number of fused-ring (bicyclic) bond motifs is 1. The third-order valence-corrected chi connectivity index (χ3v) is 3.45. The number of benzene rings is 1. The van der Waals surface area contributed by atoms with Crippen LogP contribution in [0.1, 0.15) is 6.42 Å². The van der Waals surface area contributed by atoms with E-state index in [9.17, 15) is 4.79 Å². The van der Waals surface area contributed by atoms with Crippen molar-refractivity contribution in [1.29, 1.82) is 0 Å². The fraction of sp³-hybridized carbons (Fsp3) is 0.438. The number of nitrogens with one attached hydrogen (secondary N) is 2. The van der Waals surface area contributed by atoms with Gasteiger partial charge in [0.1, 0.15) is 0 Å². The minimum Gasteiger partial charge on any atom is -0.346 e. The molecule has 5 heteroatoms. The second-order valence-electron chi connectivity index (χ2n) is 5.49. The molecule has 21 heavy (non-hydrogen) atoms. The average Bonchev–Trinajstić information content (AvgIpc) is 2.85. The van der Waals surface area contributed by atoms with Crippen LogP contribution in [0.3, 0.4) is 0 Å². The van der Waals surface area contributed by atoms with Gasteiger partial charge in [-0.2, -0.15) is 0 Å². The van der Waals surface area contributed by atoms with Gasteiger partial charge in [-0.25, -0.2) is 0 Å². The molecule has 1 aromatic carbocycles. The summed E-state index contributed by atoms with van der Waals surface area (Å²) in [5.41, 5.74) is 2.01. The van der Waals surface area contributed by atoms with Crippen molar-refractivity contribution >= 4 is 22.5 Å². The lowest BCUT2D eigenvalue weighted by atomic mass is 10.2. The second kappa shape index (κ2) is 7.24. The number of likely N-dealkylation sites (N-methyl/N-ethyl adjacent to an activating group) is 1. The van der Waals surface area contributed by atoms with E-state index < -0.39 is 0 Å². The maximum absolute atomic E-state index is 11.8. The van der Waals surface area contributed by atoms with Crippen LogP contribution in [-0.2, 0) is 11.3 Å². The number of nitrogens with zero attached hydrogens (tertiary/aromatic N) is 2. The van der Waals surface area contributed by atoms with Crippen LogP contribution in [0.15, 0.2) is 30.5 Å². The number of carbonyl (C=O) groups is 1. The smallest absolute Gasteiger partial charge is 0.225 e. The topological polar surface area (TPSA) is 49.3 Å². The van der Waals surface area contributed by atoms with Crippen molar-refractivity contribution in [2.45, 2.75) is 13.0 Å². The first-order valence-corrected chi connectivity index (χ1v) is 7.28. The zero-order valence-electron chi connectivity index (χ0n) is 13.0. The van der Waals surface area contributed by atoms with Crippen LogP contribution < -0.4 is 10.6 Å². The van der Waals surface area contributed by atoms with Crippen molar-refractivity contribution in [2.75, 3.05) is 39.5 Å². The summed E-state index contributed by atoms with van der Waals surface area (Å²) in [4.78, 5) is 13.9. The Labute approximate surface area is 125 Å². The van der Waals surface area contributed by atoms with Crippen LogP contribution in [-0.4, -0.2) is 49.6 Å². The summed E-state index contributed by atoms with van der Waals surface area (Å²) in [5.74, 6) is 0.0371.